The molecule has 0 saturated heterocycles. The van der Waals surface area contributed by atoms with Gasteiger partial charge >= 0.3 is 0 Å². The molecule has 150 valence electrons. The smallest absolute Gasteiger partial charge is 0.228 e. The molecule has 1 fully saturated rings. The van der Waals surface area contributed by atoms with Crippen LogP contribution in [0.15, 0.2) is 23.1 Å². The van der Waals surface area contributed by atoms with Gasteiger partial charge in [-0.3, -0.25) is 4.79 Å². The summed E-state index contributed by atoms with van der Waals surface area (Å²) in [5.41, 5.74) is 2.05. The fourth-order valence-corrected chi connectivity index (χ4v) is 5.20. The molecule has 6 heteroatoms. The van der Waals surface area contributed by atoms with Crippen molar-refractivity contribution in [2.45, 2.75) is 49.8 Å². The van der Waals surface area contributed by atoms with Crippen molar-refractivity contribution in [3.8, 4) is 0 Å². The summed E-state index contributed by atoms with van der Waals surface area (Å²) in [6, 6.07) is 5.42. The van der Waals surface area contributed by atoms with Crippen molar-refractivity contribution in [2.75, 3.05) is 40.0 Å². The average molecular weight is 393 g/mol. The van der Waals surface area contributed by atoms with Crippen molar-refractivity contribution < 1.29 is 13.2 Å². The zero-order valence-electron chi connectivity index (χ0n) is 16.8. The number of fused-ring (bicyclic) bond motifs is 1. The molecule has 0 radical (unpaired) electrons. The number of carbonyl (C=O) groups is 1. The summed E-state index contributed by atoms with van der Waals surface area (Å²) in [6.45, 7) is 2.36. The first-order chi connectivity index (χ1) is 12.7. The first-order valence-corrected chi connectivity index (χ1v) is 11.9. The highest BCUT2D eigenvalue weighted by Gasteiger charge is 2.43. The predicted molar refractivity (Wildman–Crippen MR) is 108 cm³/mol. The van der Waals surface area contributed by atoms with Crippen molar-refractivity contribution in [3.05, 3.63) is 29.3 Å². The minimum atomic E-state index is -3.20. The van der Waals surface area contributed by atoms with Crippen molar-refractivity contribution in [1.82, 2.24) is 9.80 Å². The molecule has 5 nitrogen and oxygen atoms in total. The fourth-order valence-electron chi connectivity index (χ4n) is 4.53. The summed E-state index contributed by atoms with van der Waals surface area (Å²) in [4.78, 5) is 18.1. The Morgan fingerprint density at radius 2 is 1.74 bits per heavy atom. The number of amides is 1. The molecular formula is C21H32N2O3S. The largest absolute Gasteiger partial charge is 0.342 e. The van der Waals surface area contributed by atoms with Crippen LogP contribution in [0, 0.1) is 5.41 Å². The molecule has 1 aromatic carbocycles. The van der Waals surface area contributed by atoms with Gasteiger partial charge in [0.2, 0.25) is 5.91 Å². The maximum atomic E-state index is 13.5. The van der Waals surface area contributed by atoms with Crippen LogP contribution in [-0.2, 0) is 27.5 Å². The minimum absolute atomic E-state index is 0.196. The second kappa shape index (κ2) is 7.92. The van der Waals surface area contributed by atoms with Gasteiger partial charge in [0.25, 0.3) is 0 Å². The Hall–Kier alpha value is -1.40. The molecule has 1 aliphatic heterocycles. The third kappa shape index (κ3) is 4.54. The van der Waals surface area contributed by atoms with Crippen LogP contribution >= 0.6 is 0 Å². The van der Waals surface area contributed by atoms with E-state index in [-0.39, 0.29) is 5.41 Å². The summed E-state index contributed by atoms with van der Waals surface area (Å²) in [5.74, 6) is 0.318. The number of nitrogens with zero attached hydrogens (tertiary/aromatic N) is 2. The van der Waals surface area contributed by atoms with Crippen LogP contribution in [0.25, 0.3) is 0 Å². The quantitative estimate of drug-likeness (QED) is 0.773. The molecule has 1 amide bonds. The van der Waals surface area contributed by atoms with E-state index in [2.05, 4.69) is 19.0 Å². The van der Waals surface area contributed by atoms with E-state index in [1.165, 1.54) is 11.8 Å². The maximum Gasteiger partial charge on any atom is 0.228 e. The molecule has 0 N–H and O–H groups in total. The predicted octanol–water partition coefficient (Wildman–Crippen LogP) is 2.53. The zero-order valence-corrected chi connectivity index (χ0v) is 17.6. The van der Waals surface area contributed by atoms with Crippen LogP contribution in [0.4, 0.5) is 0 Å². The molecule has 1 heterocycles. The number of hydrogen-bond acceptors (Lipinski definition) is 4. The van der Waals surface area contributed by atoms with Gasteiger partial charge in [-0.2, -0.15) is 0 Å². The van der Waals surface area contributed by atoms with E-state index < -0.39 is 9.84 Å². The van der Waals surface area contributed by atoms with E-state index in [1.54, 1.807) is 12.1 Å². The lowest BCUT2D eigenvalue weighted by molar-refractivity contribution is -0.142. The van der Waals surface area contributed by atoms with Gasteiger partial charge in [-0.25, -0.2) is 8.42 Å². The van der Waals surface area contributed by atoms with Crippen molar-refractivity contribution >= 4 is 15.7 Å². The van der Waals surface area contributed by atoms with Gasteiger partial charge in [0.05, 0.1) is 10.3 Å². The monoisotopic (exact) mass is 392 g/mol. The third-order valence-electron chi connectivity index (χ3n) is 6.25. The number of carbonyl (C=O) groups excluding carboxylic acids is 1. The molecule has 2 aliphatic rings. The minimum Gasteiger partial charge on any atom is -0.342 e. The van der Waals surface area contributed by atoms with Gasteiger partial charge in [-0.1, -0.05) is 18.9 Å². The van der Waals surface area contributed by atoms with E-state index in [1.807, 2.05) is 11.0 Å². The topological polar surface area (TPSA) is 57.7 Å². The van der Waals surface area contributed by atoms with Gasteiger partial charge < -0.3 is 9.80 Å². The van der Waals surface area contributed by atoms with Gasteiger partial charge in [0.15, 0.2) is 9.84 Å². The number of rotatable bonds is 5. The lowest BCUT2D eigenvalue weighted by Gasteiger charge is -2.34. The molecule has 1 aliphatic carbocycles. The summed E-state index contributed by atoms with van der Waals surface area (Å²) >= 11 is 0. The van der Waals surface area contributed by atoms with Crippen LogP contribution in [-0.4, -0.2) is 64.1 Å². The SMILES string of the molecule is CN(C)CCC1(C(=O)N2CCc3ccc(S(C)(=O)=O)cc3CC2)CCCC1. The highest BCUT2D eigenvalue weighted by molar-refractivity contribution is 7.90. The Bertz CT molecular complexity index is 796. The lowest BCUT2D eigenvalue weighted by Crippen LogP contribution is -2.45. The molecular weight excluding hydrogens is 360 g/mol. The van der Waals surface area contributed by atoms with Crippen LogP contribution in [0.1, 0.15) is 43.2 Å². The maximum absolute atomic E-state index is 13.5. The molecule has 1 saturated carbocycles. The van der Waals surface area contributed by atoms with Crippen LogP contribution < -0.4 is 0 Å². The molecule has 3 rings (SSSR count). The summed E-state index contributed by atoms with van der Waals surface area (Å²) in [6.07, 6.45) is 8.00. The Morgan fingerprint density at radius 1 is 1.11 bits per heavy atom. The zero-order chi connectivity index (χ0) is 19.7. The second-order valence-corrected chi connectivity index (χ2v) is 10.6. The summed E-state index contributed by atoms with van der Waals surface area (Å²) in [7, 11) is 0.927. The van der Waals surface area contributed by atoms with E-state index >= 15 is 0 Å². The van der Waals surface area contributed by atoms with Gasteiger partial charge in [-0.15, -0.1) is 0 Å². The first kappa shape index (κ1) is 20.3. The highest BCUT2D eigenvalue weighted by Crippen LogP contribution is 2.43. The van der Waals surface area contributed by atoms with Crippen molar-refractivity contribution in [1.29, 1.82) is 0 Å². The fraction of sp³-hybridized carbons (Fsp3) is 0.667. The molecule has 1 aromatic rings. The van der Waals surface area contributed by atoms with E-state index in [4.69, 9.17) is 0 Å². The molecule has 0 spiro atoms. The molecule has 0 atom stereocenters. The molecule has 0 unspecified atom stereocenters. The Balaban J connectivity index is 1.76. The van der Waals surface area contributed by atoms with Crippen LogP contribution in [0.2, 0.25) is 0 Å². The number of sulfone groups is 1. The van der Waals surface area contributed by atoms with Crippen LogP contribution in [0.3, 0.4) is 0 Å². The molecule has 0 bridgehead atoms. The first-order valence-electron chi connectivity index (χ1n) is 9.97. The Morgan fingerprint density at radius 3 is 2.33 bits per heavy atom. The molecule has 0 aromatic heterocycles. The van der Waals surface area contributed by atoms with E-state index in [9.17, 15) is 13.2 Å². The summed E-state index contributed by atoms with van der Waals surface area (Å²) < 4.78 is 23.7. The van der Waals surface area contributed by atoms with E-state index in [0.29, 0.717) is 17.3 Å². The lowest BCUT2D eigenvalue weighted by atomic mass is 9.81. The standard InChI is InChI=1S/C21H32N2O3S/c1-22(2)15-12-21(10-4-5-11-21)20(24)23-13-8-17-6-7-19(27(3,25)26)16-18(17)9-14-23/h6-7,16H,4-5,8-15H2,1-3H3. The van der Waals surface area contributed by atoms with Gasteiger partial charge in [-0.05, 0) is 76.0 Å². The number of benzene rings is 1. The van der Waals surface area contributed by atoms with Crippen molar-refractivity contribution in [2.24, 2.45) is 5.41 Å². The van der Waals surface area contributed by atoms with Crippen molar-refractivity contribution in [3.63, 3.8) is 0 Å². The third-order valence-corrected chi connectivity index (χ3v) is 7.36. The second-order valence-electron chi connectivity index (χ2n) is 8.54. The number of hydrogen-bond donors (Lipinski definition) is 0. The van der Waals surface area contributed by atoms with Crippen LogP contribution in [0.5, 0.6) is 0 Å². The Labute approximate surface area is 163 Å². The summed E-state index contributed by atoms with van der Waals surface area (Å²) in [5, 5.41) is 0. The van der Waals surface area contributed by atoms with E-state index in [0.717, 1.165) is 63.6 Å². The van der Waals surface area contributed by atoms with Gasteiger partial charge in [0, 0.05) is 19.3 Å². The average Bonchev–Trinajstić information content (AvgIpc) is 2.99. The normalized spacial score (nSPS) is 19.8. The Kier molecular flexibility index (Phi) is 5.96. The highest BCUT2D eigenvalue weighted by atomic mass is 32.2. The van der Waals surface area contributed by atoms with Gasteiger partial charge in [0.1, 0.15) is 0 Å². The molecule has 27 heavy (non-hydrogen) atoms.